The van der Waals surface area contributed by atoms with Crippen LogP contribution in [-0.2, 0) is 0 Å². The van der Waals surface area contributed by atoms with Crippen LogP contribution in [-0.4, -0.2) is 0 Å². The Morgan fingerprint density at radius 2 is 1.93 bits per heavy atom. The lowest BCUT2D eigenvalue weighted by Gasteiger charge is -1.97. The molecule has 1 aromatic heterocycles. The fourth-order valence-electron chi connectivity index (χ4n) is 1.31. The van der Waals surface area contributed by atoms with Crippen LogP contribution < -0.4 is 5.73 Å². The molecule has 0 atom stereocenters. The molecule has 0 amide bonds. The molecule has 1 heterocycles. The quantitative estimate of drug-likeness (QED) is 0.800. The van der Waals surface area contributed by atoms with Gasteiger partial charge >= 0.3 is 0 Å². The van der Waals surface area contributed by atoms with E-state index in [4.69, 9.17) is 27.0 Å². The third-order valence-electron chi connectivity index (χ3n) is 1.98. The van der Waals surface area contributed by atoms with E-state index in [-0.39, 0.29) is 5.88 Å². The van der Waals surface area contributed by atoms with Crippen LogP contribution in [0.25, 0.3) is 11.3 Å². The van der Waals surface area contributed by atoms with E-state index >= 15 is 0 Å². The molecule has 2 rings (SSSR count). The molecule has 0 bridgehead atoms. The maximum atomic E-state index is 8.86. The van der Waals surface area contributed by atoms with Crippen LogP contribution in [0.4, 0.5) is 5.88 Å². The summed E-state index contributed by atoms with van der Waals surface area (Å²) in [4.78, 5) is 0. The largest absolute Gasteiger partial charge is 0.440 e. The SMILES string of the molecule is N#Cc1cc(N)oc1-c1ccc(Cl)cc1. The van der Waals surface area contributed by atoms with E-state index in [2.05, 4.69) is 0 Å². The molecule has 0 aliphatic heterocycles. The number of nitrogens with two attached hydrogens (primary N) is 1. The molecule has 15 heavy (non-hydrogen) atoms. The second-order valence-corrected chi connectivity index (χ2v) is 3.45. The van der Waals surface area contributed by atoms with E-state index in [1.807, 2.05) is 6.07 Å². The highest BCUT2D eigenvalue weighted by Gasteiger charge is 2.10. The van der Waals surface area contributed by atoms with Gasteiger partial charge in [0.2, 0.25) is 0 Å². The molecule has 0 radical (unpaired) electrons. The molecular weight excluding hydrogens is 212 g/mol. The van der Waals surface area contributed by atoms with Gasteiger partial charge in [0.25, 0.3) is 0 Å². The lowest BCUT2D eigenvalue weighted by molar-refractivity contribution is 0.602. The summed E-state index contributed by atoms with van der Waals surface area (Å²) >= 11 is 5.76. The van der Waals surface area contributed by atoms with Crippen LogP contribution in [0.1, 0.15) is 5.56 Å². The van der Waals surface area contributed by atoms with Gasteiger partial charge < -0.3 is 10.2 Å². The third kappa shape index (κ3) is 1.80. The minimum absolute atomic E-state index is 0.233. The Bertz CT molecular complexity index is 523. The Morgan fingerprint density at radius 3 is 2.53 bits per heavy atom. The fourth-order valence-corrected chi connectivity index (χ4v) is 1.43. The third-order valence-corrected chi connectivity index (χ3v) is 2.23. The van der Waals surface area contributed by atoms with Crippen LogP contribution >= 0.6 is 11.6 Å². The molecule has 0 saturated carbocycles. The topological polar surface area (TPSA) is 63.0 Å². The fraction of sp³-hybridized carbons (Fsp3) is 0. The molecule has 0 unspecified atom stereocenters. The number of benzene rings is 1. The maximum Gasteiger partial charge on any atom is 0.192 e. The predicted molar refractivity (Wildman–Crippen MR) is 58.3 cm³/mol. The highest BCUT2D eigenvalue weighted by molar-refractivity contribution is 6.30. The normalized spacial score (nSPS) is 9.87. The number of nitrogen functional groups attached to an aromatic ring is 1. The second kappa shape index (κ2) is 3.68. The second-order valence-electron chi connectivity index (χ2n) is 3.01. The molecule has 0 aliphatic carbocycles. The zero-order valence-corrected chi connectivity index (χ0v) is 8.45. The summed E-state index contributed by atoms with van der Waals surface area (Å²) in [5.41, 5.74) is 6.69. The molecule has 2 aromatic rings. The monoisotopic (exact) mass is 218 g/mol. The standard InChI is InChI=1S/C11H7ClN2O/c12-9-3-1-7(2-4-9)11-8(6-13)5-10(14)15-11/h1-5H,14H2. The summed E-state index contributed by atoms with van der Waals surface area (Å²) in [6.07, 6.45) is 0. The van der Waals surface area contributed by atoms with Crippen LogP contribution in [0.15, 0.2) is 34.7 Å². The minimum Gasteiger partial charge on any atom is -0.440 e. The Balaban J connectivity index is 2.54. The van der Waals surface area contributed by atoms with Gasteiger partial charge in [-0.15, -0.1) is 0 Å². The first-order valence-electron chi connectivity index (χ1n) is 4.26. The van der Waals surface area contributed by atoms with E-state index in [0.717, 1.165) is 5.56 Å². The molecule has 0 fully saturated rings. The molecule has 4 heteroatoms. The molecule has 2 N–H and O–H groups in total. The van der Waals surface area contributed by atoms with E-state index in [9.17, 15) is 0 Å². The highest BCUT2D eigenvalue weighted by Crippen LogP contribution is 2.28. The molecule has 0 saturated heterocycles. The zero-order valence-electron chi connectivity index (χ0n) is 7.70. The van der Waals surface area contributed by atoms with Crippen molar-refractivity contribution in [2.24, 2.45) is 0 Å². The lowest BCUT2D eigenvalue weighted by atomic mass is 10.1. The van der Waals surface area contributed by atoms with Gasteiger partial charge in [0.1, 0.15) is 11.6 Å². The zero-order chi connectivity index (χ0) is 10.8. The van der Waals surface area contributed by atoms with Gasteiger partial charge in [0.15, 0.2) is 11.6 Å². The van der Waals surface area contributed by atoms with Crippen LogP contribution in [0.2, 0.25) is 5.02 Å². The van der Waals surface area contributed by atoms with E-state index in [1.54, 1.807) is 24.3 Å². The van der Waals surface area contributed by atoms with Gasteiger partial charge in [-0.3, -0.25) is 0 Å². The van der Waals surface area contributed by atoms with Crippen LogP contribution in [0.3, 0.4) is 0 Å². The lowest BCUT2D eigenvalue weighted by Crippen LogP contribution is -1.77. The Morgan fingerprint density at radius 1 is 1.27 bits per heavy atom. The van der Waals surface area contributed by atoms with Crippen molar-refractivity contribution in [2.45, 2.75) is 0 Å². The molecular formula is C11H7ClN2O. The van der Waals surface area contributed by atoms with Crippen molar-refractivity contribution in [3.8, 4) is 17.4 Å². The number of anilines is 1. The van der Waals surface area contributed by atoms with Gasteiger partial charge in [-0.2, -0.15) is 5.26 Å². The first kappa shape index (κ1) is 9.63. The van der Waals surface area contributed by atoms with E-state index < -0.39 is 0 Å². The number of hydrogen-bond donors (Lipinski definition) is 1. The molecule has 3 nitrogen and oxygen atoms in total. The van der Waals surface area contributed by atoms with Crippen LogP contribution in [0, 0.1) is 11.3 Å². The summed E-state index contributed by atoms with van der Waals surface area (Å²) in [6.45, 7) is 0. The summed E-state index contributed by atoms with van der Waals surface area (Å²) in [5.74, 6) is 0.711. The number of furan rings is 1. The number of rotatable bonds is 1. The van der Waals surface area contributed by atoms with E-state index in [1.165, 1.54) is 6.07 Å². The molecule has 0 spiro atoms. The first-order chi connectivity index (χ1) is 7.20. The summed E-state index contributed by atoms with van der Waals surface area (Å²) in [7, 11) is 0. The minimum atomic E-state index is 0.233. The van der Waals surface area contributed by atoms with Crippen molar-refractivity contribution >= 4 is 17.5 Å². The van der Waals surface area contributed by atoms with Crippen LogP contribution in [0.5, 0.6) is 0 Å². The highest BCUT2D eigenvalue weighted by atomic mass is 35.5. The summed E-state index contributed by atoms with van der Waals surface area (Å²) < 4.78 is 5.24. The Labute approximate surface area is 91.7 Å². The van der Waals surface area contributed by atoms with E-state index in [0.29, 0.717) is 16.3 Å². The number of nitrogens with zero attached hydrogens (tertiary/aromatic N) is 1. The Kier molecular flexibility index (Phi) is 2.36. The molecule has 0 aliphatic rings. The average Bonchev–Trinajstić information content (AvgIpc) is 2.61. The number of halogens is 1. The molecule has 1 aromatic carbocycles. The van der Waals surface area contributed by atoms with Gasteiger partial charge in [-0.05, 0) is 24.3 Å². The average molecular weight is 219 g/mol. The molecule has 74 valence electrons. The van der Waals surface area contributed by atoms with Crippen molar-refractivity contribution < 1.29 is 4.42 Å². The van der Waals surface area contributed by atoms with Crippen molar-refractivity contribution in [1.82, 2.24) is 0 Å². The maximum absolute atomic E-state index is 8.86. The van der Waals surface area contributed by atoms with Gasteiger partial charge in [0.05, 0.1) is 0 Å². The predicted octanol–water partition coefficient (Wildman–Crippen LogP) is 3.05. The van der Waals surface area contributed by atoms with Crippen molar-refractivity contribution in [2.75, 3.05) is 5.73 Å². The van der Waals surface area contributed by atoms with Gasteiger partial charge in [-0.25, -0.2) is 0 Å². The number of nitriles is 1. The summed E-state index contributed by atoms with van der Waals surface area (Å²) in [5, 5.41) is 9.49. The summed E-state index contributed by atoms with van der Waals surface area (Å²) in [6, 6.07) is 10.6. The number of hydrogen-bond acceptors (Lipinski definition) is 3. The van der Waals surface area contributed by atoms with Crippen molar-refractivity contribution in [3.05, 3.63) is 40.9 Å². The first-order valence-corrected chi connectivity index (χ1v) is 4.64. The Hall–Kier alpha value is -1.92. The van der Waals surface area contributed by atoms with Crippen molar-refractivity contribution in [3.63, 3.8) is 0 Å². The van der Waals surface area contributed by atoms with Gasteiger partial charge in [0, 0.05) is 16.7 Å². The van der Waals surface area contributed by atoms with Crippen molar-refractivity contribution in [1.29, 1.82) is 5.26 Å². The smallest absolute Gasteiger partial charge is 0.192 e. The van der Waals surface area contributed by atoms with Gasteiger partial charge in [-0.1, -0.05) is 11.6 Å².